The van der Waals surface area contributed by atoms with E-state index in [9.17, 15) is 13.2 Å². The third-order valence-electron chi connectivity index (χ3n) is 1.59. The van der Waals surface area contributed by atoms with Gasteiger partial charge >= 0.3 is 6.36 Å². The molecule has 0 N–H and O–H groups in total. The first kappa shape index (κ1) is 13.5. The highest BCUT2D eigenvalue weighted by molar-refractivity contribution is 6.22. The summed E-state index contributed by atoms with van der Waals surface area (Å²) in [5.41, 5.74) is 0. The highest BCUT2D eigenvalue weighted by Gasteiger charge is 2.30. The molecule has 0 amide bonds. The van der Waals surface area contributed by atoms with E-state index in [2.05, 4.69) is 4.74 Å². The summed E-state index contributed by atoms with van der Waals surface area (Å²) in [6.07, 6.45) is -4.72. The Morgan fingerprint density at radius 1 is 1.24 bits per heavy atom. The fourth-order valence-electron chi connectivity index (χ4n) is 0.944. The first-order valence-electron chi connectivity index (χ1n) is 4.43. The van der Waals surface area contributed by atoms with Gasteiger partial charge in [0.15, 0.2) is 5.38 Å². The van der Waals surface area contributed by atoms with Gasteiger partial charge < -0.3 is 9.47 Å². The molecular weight excluding hydrogens is 259 g/mol. The minimum atomic E-state index is -4.72. The third-order valence-corrected chi connectivity index (χ3v) is 1.82. The molecule has 0 saturated carbocycles. The molecule has 0 heterocycles. The number of hydrogen-bond acceptors (Lipinski definition) is 3. The number of halogens is 4. The molecule has 3 nitrogen and oxygen atoms in total. The molecule has 1 aromatic rings. The predicted octanol–water partition coefficient (Wildman–Crippen LogP) is 3.09. The van der Waals surface area contributed by atoms with Gasteiger partial charge in [0.25, 0.3) is 0 Å². The van der Waals surface area contributed by atoms with E-state index >= 15 is 0 Å². The highest BCUT2D eigenvalue weighted by atomic mass is 35.5. The average molecular weight is 266 g/mol. The molecule has 0 fully saturated rings. The summed E-state index contributed by atoms with van der Waals surface area (Å²) in [7, 11) is 0. The smallest absolute Gasteiger partial charge is 0.491 e. The van der Waals surface area contributed by atoms with E-state index in [4.69, 9.17) is 21.6 Å². The van der Waals surface area contributed by atoms with Gasteiger partial charge in [-0.3, -0.25) is 0 Å². The fourth-order valence-corrected chi connectivity index (χ4v) is 1.01. The van der Waals surface area contributed by atoms with Gasteiger partial charge in [-0.1, -0.05) is 0 Å². The van der Waals surface area contributed by atoms with Gasteiger partial charge in [0.1, 0.15) is 18.1 Å². The first-order valence-corrected chi connectivity index (χ1v) is 4.86. The topological polar surface area (TPSA) is 42.2 Å². The van der Waals surface area contributed by atoms with E-state index < -0.39 is 11.7 Å². The van der Waals surface area contributed by atoms with Crippen LogP contribution in [0.25, 0.3) is 0 Å². The summed E-state index contributed by atoms with van der Waals surface area (Å²) >= 11 is 5.47. The Hall–Kier alpha value is -1.61. The molecule has 0 spiro atoms. The van der Waals surface area contributed by atoms with Crippen LogP contribution < -0.4 is 9.47 Å². The summed E-state index contributed by atoms with van der Waals surface area (Å²) in [4.78, 5) is 0. The van der Waals surface area contributed by atoms with E-state index in [1.165, 1.54) is 12.1 Å². The Labute approximate surface area is 100 Å². The zero-order chi connectivity index (χ0) is 12.9. The third kappa shape index (κ3) is 5.31. The van der Waals surface area contributed by atoms with Crippen LogP contribution in [0.2, 0.25) is 0 Å². The number of ether oxygens (including phenoxy) is 2. The van der Waals surface area contributed by atoms with Crippen LogP contribution in [-0.4, -0.2) is 18.3 Å². The number of nitrogens with zero attached hydrogens (tertiary/aromatic N) is 1. The van der Waals surface area contributed by atoms with Crippen LogP contribution in [0.5, 0.6) is 11.5 Å². The lowest BCUT2D eigenvalue weighted by Crippen LogP contribution is -2.17. The van der Waals surface area contributed by atoms with Crippen molar-refractivity contribution in [1.29, 1.82) is 5.26 Å². The van der Waals surface area contributed by atoms with Crippen LogP contribution in [0.1, 0.15) is 0 Å². The van der Waals surface area contributed by atoms with Crippen molar-refractivity contribution >= 4 is 11.6 Å². The molecule has 17 heavy (non-hydrogen) atoms. The summed E-state index contributed by atoms with van der Waals surface area (Å²) in [6, 6.07) is 6.55. The number of nitriles is 1. The van der Waals surface area contributed by atoms with Gasteiger partial charge in [-0.05, 0) is 24.3 Å². The van der Waals surface area contributed by atoms with Crippen molar-refractivity contribution in [3.05, 3.63) is 24.3 Å². The lowest BCUT2D eigenvalue weighted by Gasteiger charge is -2.10. The fraction of sp³-hybridized carbons (Fsp3) is 0.300. The van der Waals surface area contributed by atoms with Crippen LogP contribution in [0, 0.1) is 11.3 Å². The largest absolute Gasteiger partial charge is 0.573 e. The van der Waals surface area contributed by atoms with Crippen LogP contribution in [0.3, 0.4) is 0 Å². The van der Waals surface area contributed by atoms with Crippen molar-refractivity contribution in [3.63, 3.8) is 0 Å². The lowest BCUT2D eigenvalue weighted by molar-refractivity contribution is -0.274. The molecule has 0 aliphatic heterocycles. The SMILES string of the molecule is N#CC(Cl)COc1ccc(OC(F)(F)F)cc1. The molecule has 0 bridgehead atoms. The van der Waals surface area contributed by atoms with Crippen LogP contribution in [-0.2, 0) is 0 Å². The molecule has 7 heteroatoms. The Morgan fingerprint density at radius 3 is 2.24 bits per heavy atom. The highest BCUT2D eigenvalue weighted by Crippen LogP contribution is 2.24. The Kier molecular flexibility index (Phi) is 4.46. The van der Waals surface area contributed by atoms with Crippen molar-refractivity contribution in [3.8, 4) is 17.6 Å². The standard InChI is InChI=1S/C10H7ClF3NO2/c11-7(5-15)6-16-8-1-3-9(4-2-8)17-10(12,13)14/h1-4,7H,6H2. The maximum atomic E-state index is 11.8. The van der Waals surface area contributed by atoms with E-state index in [1.54, 1.807) is 6.07 Å². The second kappa shape index (κ2) is 5.64. The zero-order valence-corrected chi connectivity index (χ0v) is 9.13. The molecule has 1 unspecified atom stereocenters. The molecule has 0 aliphatic rings. The second-order valence-corrected chi connectivity index (χ2v) is 3.45. The van der Waals surface area contributed by atoms with Crippen molar-refractivity contribution in [2.24, 2.45) is 0 Å². The maximum Gasteiger partial charge on any atom is 0.573 e. The van der Waals surface area contributed by atoms with E-state index in [1.807, 2.05) is 0 Å². The van der Waals surface area contributed by atoms with Gasteiger partial charge in [0.2, 0.25) is 0 Å². The van der Waals surface area contributed by atoms with Crippen molar-refractivity contribution in [2.75, 3.05) is 6.61 Å². The molecule has 1 atom stereocenters. The minimum Gasteiger partial charge on any atom is -0.491 e. The van der Waals surface area contributed by atoms with E-state index in [0.29, 0.717) is 5.75 Å². The molecule has 0 aliphatic carbocycles. The van der Waals surface area contributed by atoms with Gasteiger partial charge in [0.05, 0.1) is 6.07 Å². The molecule has 0 radical (unpaired) electrons. The molecule has 0 saturated heterocycles. The molecular formula is C10H7ClF3NO2. The molecule has 92 valence electrons. The predicted molar refractivity (Wildman–Crippen MR) is 53.9 cm³/mol. The summed E-state index contributed by atoms with van der Waals surface area (Å²) in [5.74, 6) is -0.0343. The Balaban J connectivity index is 2.54. The number of rotatable bonds is 4. The van der Waals surface area contributed by atoms with Crippen LogP contribution in [0.15, 0.2) is 24.3 Å². The Bertz CT molecular complexity index is 399. The summed E-state index contributed by atoms with van der Waals surface area (Å²) < 4.78 is 44.2. The molecule has 0 aromatic heterocycles. The van der Waals surface area contributed by atoms with E-state index in [0.717, 1.165) is 12.1 Å². The molecule has 1 rings (SSSR count). The van der Waals surface area contributed by atoms with Crippen LogP contribution in [0.4, 0.5) is 13.2 Å². The zero-order valence-electron chi connectivity index (χ0n) is 8.37. The maximum absolute atomic E-state index is 11.8. The van der Waals surface area contributed by atoms with Gasteiger partial charge in [-0.15, -0.1) is 24.8 Å². The monoisotopic (exact) mass is 265 g/mol. The first-order chi connectivity index (χ1) is 7.90. The van der Waals surface area contributed by atoms with E-state index in [-0.39, 0.29) is 12.4 Å². The average Bonchev–Trinajstić information content (AvgIpc) is 2.25. The summed E-state index contributed by atoms with van der Waals surface area (Å²) in [6.45, 7) is -0.0441. The second-order valence-electron chi connectivity index (χ2n) is 2.93. The van der Waals surface area contributed by atoms with Gasteiger partial charge in [-0.25, -0.2) is 0 Å². The van der Waals surface area contributed by atoms with Gasteiger partial charge in [-0.2, -0.15) is 5.26 Å². The van der Waals surface area contributed by atoms with Crippen molar-refractivity contribution in [1.82, 2.24) is 0 Å². The number of hydrogen-bond donors (Lipinski definition) is 0. The molecule has 1 aromatic carbocycles. The number of alkyl halides is 4. The van der Waals surface area contributed by atoms with Crippen molar-refractivity contribution < 1.29 is 22.6 Å². The number of benzene rings is 1. The van der Waals surface area contributed by atoms with Gasteiger partial charge in [0, 0.05) is 0 Å². The Morgan fingerprint density at radius 2 is 1.76 bits per heavy atom. The van der Waals surface area contributed by atoms with Crippen molar-refractivity contribution in [2.45, 2.75) is 11.7 Å². The quantitative estimate of drug-likeness (QED) is 0.786. The normalized spacial score (nSPS) is 12.6. The summed E-state index contributed by atoms with van der Waals surface area (Å²) in [5, 5.41) is 7.57. The lowest BCUT2D eigenvalue weighted by atomic mass is 10.3. The van der Waals surface area contributed by atoms with Crippen LogP contribution >= 0.6 is 11.6 Å². The minimum absolute atomic E-state index is 0.0441.